The number of nitrogens with one attached hydrogen (secondary N) is 1. The van der Waals surface area contributed by atoms with Crippen molar-refractivity contribution in [1.29, 1.82) is 0 Å². The van der Waals surface area contributed by atoms with Gasteiger partial charge in [0, 0.05) is 0 Å². The molecule has 0 aromatic carbocycles. The molecule has 1 unspecified atom stereocenters. The lowest BCUT2D eigenvalue weighted by atomic mass is 11.2. The second kappa shape index (κ2) is 2.93. The van der Waals surface area contributed by atoms with Crippen molar-refractivity contribution in [1.82, 2.24) is 5.09 Å². The third-order valence-corrected chi connectivity index (χ3v) is 1.03. The first kappa shape index (κ1) is 6.85. The standard InChI is InChI=1S/CH5N2O2PS/c2-1(4)3-6(5)7/h6H,(H4,2,3,4,5,7). The summed E-state index contributed by atoms with van der Waals surface area (Å²) in [6.45, 7) is 0. The van der Waals surface area contributed by atoms with E-state index in [0.717, 1.165) is 0 Å². The van der Waals surface area contributed by atoms with Crippen LogP contribution in [0.1, 0.15) is 0 Å². The molecule has 4 nitrogen and oxygen atoms in total. The first-order valence-corrected chi connectivity index (χ1v) is 4.12. The summed E-state index contributed by atoms with van der Waals surface area (Å²) >= 11 is 3.37. The van der Waals surface area contributed by atoms with Gasteiger partial charge in [-0.15, -0.1) is 0 Å². The Kier molecular flexibility index (Phi) is 2.87. The van der Waals surface area contributed by atoms with Crippen molar-refractivity contribution in [3.8, 4) is 0 Å². The van der Waals surface area contributed by atoms with E-state index in [1.54, 1.807) is 0 Å². The fourth-order valence-corrected chi connectivity index (χ4v) is 0.647. The Labute approximate surface area is 46.5 Å². The van der Waals surface area contributed by atoms with Crippen LogP contribution in [0.5, 0.6) is 0 Å². The van der Waals surface area contributed by atoms with Crippen molar-refractivity contribution in [2.45, 2.75) is 0 Å². The van der Waals surface area contributed by atoms with Crippen LogP contribution < -0.4 is 10.8 Å². The second-order valence-corrected chi connectivity index (χ2v) is 2.87. The third kappa shape index (κ3) is 5.85. The van der Waals surface area contributed by atoms with Crippen LogP contribution in [0, 0.1) is 0 Å². The topological polar surface area (TPSA) is 72.2 Å². The van der Waals surface area contributed by atoms with E-state index in [-0.39, 0.29) is 0 Å². The van der Waals surface area contributed by atoms with Crippen molar-refractivity contribution in [3.05, 3.63) is 0 Å². The second-order valence-electron chi connectivity index (χ2n) is 0.794. The maximum absolute atomic E-state index is 9.89. The lowest BCUT2D eigenvalue weighted by molar-refractivity contribution is 0.254. The summed E-state index contributed by atoms with van der Waals surface area (Å²) < 4.78 is 9.89. The van der Waals surface area contributed by atoms with Gasteiger partial charge in [0.1, 0.15) is 0 Å². The zero-order chi connectivity index (χ0) is 5.86. The summed E-state index contributed by atoms with van der Waals surface area (Å²) in [7, 11) is -2.21. The molecule has 0 heterocycles. The minimum atomic E-state index is -2.21. The molecule has 3 N–H and O–H groups in total. The van der Waals surface area contributed by atoms with Crippen molar-refractivity contribution < 1.29 is 9.36 Å². The molecule has 42 valence electrons. The van der Waals surface area contributed by atoms with E-state index in [4.69, 9.17) is 0 Å². The number of hydrogen-bond donors (Lipinski definition) is 3. The van der Waals surface area contributed by atoms with Gasteiger partial charge in [-0.3, -0.25) is 9.65 Å². The monoisotopic (exact) mass is 140 g/mol. The molecule has 0 aliphatic carbocycles. The molecule has 0 radical (unpaired) electrons. The summed E-state index contributed by atoms with van der Waals surface area (Å²) in [6, 6.07) is -0.807. The van der Waals surface area contributed by atoms with E-state index < -0.39 is 13.2 Å². The lowest BCUT2D eigenvalue weighted by Crippen LogP contribution is -2.21. The molecule has 6 heteroatoms. The molecule has 0 saturated heterocycles. The first-order chi connectivity index (χ1) is 3.13. The number of rotatable bonds is 1. The highest BCUT2D eigenvalue weighted by Crippen LogP contribution is 2.17. The molecular formula is CH5N2O2PS. The van der Waals surface area contributed by atoms with Gasteiger partial charge in [0.25, 0.3) is 0 Å². The Bertz CT molecular complexity index is 91.9. The van der Waals surface area contributed by atoms with Crippen LogP contribution >= 0.6 is 19.4 Å². The Morgan fingerprint density at radius 2 is 2.29 bits per heavy atom. The smallest absolute Gasteiger partial charge is 0.318 e. The highest BCUT2D eigenvalue weighted by Gasteiger charge is 1.89. The molecule has 0 bridgehead atoms. The number of carbonyl (C=O) groups excluding carboxylic acids is 1. The molecule has 0 aromatic rings. The Hall–Kier alpha value is -0.150. The van der Waals surface area contributed by atoms with Crippen LogP contribution in [0.2, 0.25) is 0 Å². The summed E-state index contributed by atoms with van der Waals surface area (Å²) in [5.41, 5.74) is 4.52. The van der Waals surface area contributed by atoms with Crippen LogP contribution in [0.15, 0.2) is 0 Å². The maximum Gasteiger partial charge on any atom is 0.318 e. The average Bonchev–Trinajstić information content (AvgIpc) is 1.27. The third-order valence-electron chi connectivity index (χ3n) is 0.230. The summed E-state index contributed by atoms with van der Waals surface area (Å²) in [6.07, 6.45) is 0. The molecule has 0 aliphatic heterocycles. The minimum absolute atomic E-state index is 0.807. The molecule has 0 fully saturated rings. The van der Waals surface area contributed by atoms with E-state index in [9.17, 15) is 9.36 Å². The molecule has 2 amide bonds. The quantitative estimate of drug-likeness (QED) is 0.353. The molecule has 0 saturated carbocycles. The van der Waals surface area contributed by atoms with E-state index in [0.29, 0.717) is 0 Å². The van der Waals surface area contributed by atoms with Crippen LogP contribution in [-0.2, 0) is 4.57 Å². The Balaban J connectivity index is 3.32. The molecule has 0 aliphatic rings. The minimum Gasteiger partial charge on any atom is -0.351 e. The first-order valence-electron chi connectivity index (χ1n) is 1.42. The summed E-state index contributed by atoms with van der Waals surface area (Å²) in [4.78, 5) is 9.70. The number of hydrogen-bond acceptors (Lipinski definition) is 2. The van der Waals surface area contributed by atoms with Gasteiger partial charge < -0.3 is 5.73 Å². The van der Waals surface area contributed by atoms with Crippen molar-refractivity contribution in [2.75, 3.05) is 0 Å². The van der Waals surface area contributed by atoms with Gasteiger partial charge in [0.2, 0.25) is 7.15 Å². The van der Waals surface area contributed by atoms with E-state index in [1.807, 2.05) is 5.09 Å². The number of carbonyl (C=O) groups is 1. The number of nitrogens with two attached hydrogens (primary N) is 1. The van der Waals surface area contributed by atoms with Crippen molar-refractivity contribution >= 4 is 25.4 Å². The van der Waals surface area contributed by atoms with Gasteiger partial charge in [-0.05, 0) is 0 Å². The van der Waals surface area contributed by atoms with Gasteiger partial charge in [-0.1, -0.05) is 12.2 Å². The van der Waals surface area contributed by atoms with Gasteiger partial charge in [-0.25, -0.2) is 4.79 Å². The Morgan fingerprint density at radius 1 is 1.86 bits per heavy atom. The fraction of sp³-hybridized carbons (Fsp3) is 0. The molecule has 0 aromatic heterocycles. The number of primary amides is 1. The largest absolute Gasteiger partial charge is 0.351 e. The van der Waals surface area contributed by atoms with Gasteiger partial charge in [0.05, 0.1) is 0 Å². The normalized spacial score (nSPS) is 12.7. The van der Waals surface area contributed by atoms with Gasteiger partial charge >= 0.3 is 6.03 Å². The van der Waals surface area contributed by atoms with Gasteiger partial charge in [0.15, 0.2) is 0 Å². The highest BCUT2D eigenvalue weighted by atomic mass is 32.7. The van der Waals surface area contributed by atoms with Crippen LogP contribution in [0.3, 0.4) is 0 Å². The number of thiol groups is 1. The Morgan fingerprint density at radius 3 is 2.29 bits per heavy atom. The van der Waals surface area contributed by atoms with Crippen LogP contribution in [-0.4, -0.2) is 6.03 Å². The predicted molar refractivity (Wildman–Crippen MR) is 30.7 cm³/mol. The van der Waals surface area contributed by atoms with E-state index in [2.05, 4.69) is 18.0 Å². The zero-order valence-electron chi connectivity index (χ0n) is 3.34. The van der Waals surface area contributed by atoms with E-state index >= 15 is 0 Å². The van der Waals surface area contributed by atoms with Crippen LogP contribution in [0.25, 0.3) is 0 Å². The zero-order valence-corrected chi connectivity index (χ0v) is 5.24. The molecule has 0 rings (SSSR count). The highest BCUT2D eigenvalue weighted by molar-refractivity contribution is 8.40. The molecule has 0 spiro atoms. The summed E-state index contributed by atoms with van der Waals surface area (Å²) in [5.74, 6) is 0. The van der Waals surface area contributed by atoms with Crippen LogP contribution in [0.4, 0.5) is 4.79 Å². The van der Waals surface area contributed by atoms with Crippen molar-refractivity contribution in [3.63, 3.8) is 0 Å². The summed E-state index contributed by atoms with van der Waals surface area (Å²) in [5, 5.41) is 1.85. The SMILES string of the molecule is NC(=O)N[PH](=O)S. The molecular weight excluding hydrogens is 135 g/mol. The molecule has 1 atom stereocenters. The van der Waals surface area contributed by atoms with Gasteiger partial charge in [-0.2, -0.15) is 0 Å². The maximum atomic E-state index is 9.89. The number of amides is 2. The van der Waals surface area contributed by atoms with E-state index in [1.165, 1.54) is 0 Å². The fourth-order valence-electron chi connectivity index (χ4n) is 0.105. The van der Waals surface area contributed by atoms with Crippen molar-refractivity contribution in [2.24, 2.45) is 5.73 Å². The molecule has 7 heavy (non-hydrogen) atoms. The predicted octanol–water partition coefficient (Wildman–Crippen LogP) is -0.0258. The lowest BCUT2D eigenvalue weighted by Gasteiger charge is -1.89. The average molecular weight is 140 g/mol. The number of urea groups is 1.